The predicted molar refractivity (Wildman–Crippen MR) is 85.2 cm³/mol. The monoisotopic (exact) mass is 290 g/mol. The molecule has 0 radical (unpaired) electrons. The van der Waals surface area contributed by atoms with Gasteiger partial charge in [0.25, 0.3) is 0 Å². The fraction of sp³-hybridized carbons (Fsp3) is 0.467. The third-order valence-electron chi connectivity index (χ3n) is 3.09. The molecule has 2 rings (SSSR count). The zero-order valence-corrected chi connectivity index (χ0v) is 13.4. The van der Waals surface area contributed by atoms with E-state index in [-0.39, 0.29) is 0 Å². The van der Waals surface area contributed by atoms with Gasteiger partial charge >= 0.3 is 0 Å². The van der Waals surface area contributed by atoms with Crippen molar-refractivity contribution in [2.45, 2.75) is 39.9 Å². The Morgan fingerprint density at radius 3 is 2.80 bits per heavy atom. The molecule has 0 aromatic carbocycles. The molecule has 0 saturated heterocycles. The molecule has 2 heterocycles. The average Bonchev–Trinajstić information content (AvgIpc) is 2.89. The number of pyridine rings is 1. The minimum Gasteiger partial charge on any atom is -0.368 e. The summed E-state index contributed by atoms with van der Waals surface area (Å²) in [7, 11) is 2.10. The molecule has 0 bridgehead atoms. The van der Waals surface area contributed by atoms with E-state index in [1.165, 1.54) is 11.3 Å². The number of rotatable bonds is 6. The van der Waals surface area contributed by atoms with Gasteiger partial charge in [0, 0.05) is 48.2 Å². The largest absolute Gasteiger partial charge is 0.368 e. The molecule has 4 nitrogen and oxygen atoms in total. The van der Waals surface area contributed by atoms with Gasteiger partial charge in [-0.15, -0.1) is 11.3 Å². The lowest BCUT2D eigenvalue weighted by atomic mass is 10.1. The summed E-state index contributed by atoms with van der Waals surface area (Å²) in [5, 5.41) is 5.55. The number of nitrogens with zero attached hydrogens (tertiary/aromatic N) is 3. The first kappa shape index (κ1) is 14.9. The zero-order chi connectivity index (χ0) is 14.5. The Labute approximate surface area is 124 Å². The summed E-state index contributed by atoms with van der Waals surface area (Å²) in [6.07, 6.45) is 1.97. The van der Waals surface area contributed by atoms with Crippen LogP contribution in [0.3, 0.4) is 0 Å². The number of hydrogen-bond acceptors (Lipinski definition) is 5. The first-order chi connectivity index (χ1) is 9.56. The summed E-state index contributed by atoms with van der Waals surface area (Å²) < 4.78 is 0. The van der Waals surface area contributed by atoms with Crippen molar-refractivity contribution >= 4 is 17.0 Å². The van der Waals surface area contributed by atoms with Gasteiger partial charge in [0.2, 0.25) is 0 Å². The molecule has 20 heavy (non-hydrogen) atoms. The minimum atomic E-state index is 0.466. The summed E-state index contributed by atoms with van der Waals surface area (Å²) in [5.41, 5.74) is 6.47. The van der Waals surface area contributed by atoms with E-state index in [0.717, 1.165) is 24.5 Å². The van der Waals surface area contributed by atoms with Gasteiger partial charge in [-0.25, -0.2) is 4.98 Å². The lowest BCUT2D eigenvalue weighted by molar-refractivity contribution is 0.587. The second kappa shape index (κ2) is 6.81. The van der Waals surface area contributed by atoms with Crippen LogP contribution < -0.4 is 10.2 Å². The van der Waals surface area contributed by atoms with Crippen molar-refractivity contribution in [2.24, 2.45) is 0 Å². The number of aryl methyl sites for hydroxylation is 1. The Hall–Kier alpha value is -1.46. The molecule has 1 N–H and O–H groups in total. The van der Waals surface area contributed by atoms with Gasteiger partial charge in [-0.1, -0.05) is 13.8 Å². The molecule has 0 unspecified atom stereocenters. The summed E-state index contributed by atoms with van der Waals surface area (Å²) in [4.78, 5) is 11.0. The molecule has 108 valence electrons. The molecule has 0 fully saturated rings. The maximum atomic E-state index is 4.42. The van der Waals surface area contributed by atoms with E-state index < -0.39 is 0 Å². The van der Waals surface area contributed by atoms with Gasteiger partial charge in [0.15, 0.2) is 0 Å². The third-order valence-corrected chi connectivity index (χ3v) is 3.73. The maximum absolute atomic E-state index is 4.42. The van der Waals surface area contributed by atoms with Crippen molar-refractivity contribution in [3.05, 3.63) is 40.1 Å². The Morgan fingerprint density at radius 2 is 2.15 bits per heavy atom. The number of anilines is 1. The van der Waals surface area contributed by atoms with Crippen molar-refractivity contribution in [3.8, 4) is 0 Å². The van der Waals surface area contributed by atoms with Crippen LogP contribution in [0, 0.1) is 6.92 Å². The molecule has 0 spiro atoms. The summed E-state index contributed by atoms with van der Waals surface area (Å²) in [6.45, 7) is 7.99. The van der Waals surface area contributed by atoms with Crippen LogP contribution in [0.4, 0.5) is 5.69 Å². The standard InChI is InChI=1S/C15H22N4S/c1-11(2)16-6-13-7-17-12(3)5-15(13)19(4)8-14-9-20-10-18-14/h5,7,9-11,16H,6,8H2,1-4H3. The van der Waals surface area contributed by atoms with Crippen molar-refractivity contribution < 1.29 is 0 Å². The number of hydrogen-bond donors (Lipinski definition) is 1. The van der Waals surface area contributed by atoms with Crippen LogP contribution in [-0.4, -0.2) is 23.1 Å². The lowest BCUT2D eigenvalue weighted by Crippen LogP contribution is -2.25. The highest BCUT2D eigenvalue weighted by molar-refractivity contribution is 7.07. The molecule has 2 aromatic heterocycles. The van der Waals surface area contributed by atoms with Gasteiger partial charge < -0.3 is 10.2 Å². The first-order valence-corrected chi connectivity index (χ1v) is 7.77. The van der Waals surface area contributed by atoms with Crippen LogP contribution in [0.1, 0.15) is 30.8 Å². The highest BCUT2D eigenvalue weighted by atomic mass is 32.1. The quantitative estimate of drug-likeness (QED) is 0.888. The van der Waals surface area contributed by atoms with Gasteiger partial charge in [0.05, 0.1) is 17.7 Å². The Kier molecular flexibility index (Phi) is 5.09. The van der Waals surface area contributed by atoms with E-state index in [4.69, 9.17) is 0 Å². The van der Waals surface area contributed by atoms with Crippen molar-refractivity contribution in [1.29, 1.82) is 0 Å². The van der Waals surface area contributed by atoms with Crippen molar-refractivity contribution in [3.63, 3.8) is 0 Å². The van der Waals surface area contributed by atoms with Crippen LogP contribution >= 0.6 is 11.3 Å². The zero-order valence-electron chi connectivity index (χ0n) is 12.6. The molecule has 0 aliphatic heterocycles. The van der Waals surface area contributed by atoms with E-state index in [1.807, 2.05) is 18.6 Å². The molecule has 0 atom stereocenters. The predicted octanol–water partition coefficient (Wildman–Crippen LogP) is 2.98. The Morgan fingerprint density at radius 1 is 1.35 bits per heavy atom. The molecule has 0 aliphatic rings. The molecule has 5 heteroatoms. The van der Waals surface area contributed by atoms with Crippen LogP contribution in [0.15, 0.2) is 23.2 Å². The highest BCUT2D eigenvalue weighted by Gasteiger charge is 2.10. The van der Waals surface area contributed by atoms with Crippen LogP contribution in [0.2, 0.25) is 0 Å². The second-order valence-corrected chi connectivity index (χ2v) is 6.04. The molecule has 2 aromatic rings. The topological polar surface area (TPSA) is 41.1 Å². The Balaban J connectivity index is 2.17. The molecular weight excluding hydrogens is 268 g/mol. The first-order valence-electron chi connectivity index (χ1n) is 6.83. The second-order valence-electron chi connectivity index (χ2n) is 5.33. The molecular formula is C15H22N4S. The van der Waals surface area contributed by atoms with E-state index in [2.05, 4.69) is 52.5 Å². The number of aromatic nitrogens is 2. The van der Waals surface area contributed by atoms with Gasteiger partial charge in [0.1, 0.15) is 0 Å². The molecule has 0 aliphatic carbocycles. The Bertz CT molecular complexity index is 537. The third kappa shape index (κ3) is 4.02. The lowest BCUT2D eigenvalue weighted by Gasteiger charge is -2.22. The minimum absolute atomic E-state index is 0.466. The van der Waals surface area contributed by atoms with Gasteiger partial charge in [-0.05, 0) is 13.0 Å². The smallest absolute Gasteiger partial charge is 0.0795 e. The van der Waals surface area contributed by atoms with Crippen LogP contribution in [0.25, 0.3) is 0 Å². The van der Waals surface area contributed by atoms with E-state index in [9.17, 15) is 0 Å². The van der Waals surface area contributed by atoms with E-state index in [0.29, 0.717) is 6.04 Å². The normalized spacial score (nSPS) is 11.1. The number of nitrogens with one attached hydrogen (secondary N) is 1. The molecule has 0 amide bonds. The van der Waals surface area contributed by atoms with E-state index in [1.54, 1.807) is 11.3 Å². The molecule has 0 saturated carbocycles. The van der Waals surface area contributed by atoms with Gasteiger partial charge in [-0.3, -0.25) is 4.98 Å². The highest BCUT2D eigenvalue weighted by Crippen LogP contribution is 2.21. The van der Waals surface area contributed by atoms with Crippen molar-refractivity contribution in [2.75, 3.05) is 11.9 Å². The van der Waals surface area contributed by atoms with Crippen LogP contribution in [0.5, 0.6) is 0 Å². The van der Waals surface area contributed by atoms with E-state index >= 15 is 0 Å². The maximum Gasteiger partial charge on any atom is 0.0795 e. The SMILES string of the molecule is Cc1cc(N(C)Cc2cscn2)c(CNC(C)C)cn1. The van der Waals surface area contributed by atoms with Crippen molar-refractivity contribution in [1.82, 2.24) is 15.3 Å². The number of thiazole rings is 1. The van der Waals surface area contributed by atoms with Gasteiger partial charge in [-0.2, -0.15) is 0 Å². The fourth-order valence-electron chi connectivity index (χ4n) is 2.02. The summed E-state index contributed by atoms with van der Waals surface area (Å²) >= 11 is 1.64. The summed E-state index contributed by atoms with van der Waals surface area (Å²) in [6, 6.07) is 2.61. The average molecular weight is 290 g/mol. The van der Waals surface area contributed by atoms with Crippen LogP contribution in [-0.2, 0) is 13.1 Å². The summed E-state index contributed by atoms with van der Waals surface area (Å²) in [5.74, 6) is 0. The fourth-order valence-corrected chi connectivity index (χ4v) is 2.57.